The van der Waals surface area contributed by atoms with Crippen molar-refractivity contribution in [1.82, 2.24) is 4.98 Å². The molecule has 8 aliphatic rings. The quantitative estimate of drug-likeness (QED) is 0.0803. The number of aromatic nitrogens is 1. The first-order valence-electron chi connectivity index (χ1n) is 29.3. The van der Waals surface area contributed by atoms with Crippen LogP contribution in [0, 0.1) is 0 Å². The van der Waals surface area contributed by atoms with Crippen LogP contribution in [0.15, 0.2) is 137 Å². The Morgan fingerprint density at radius 2 is 0.906 bits per heavy atom. The van der Waals surface area contributed by atoms with Crippen molar-refractivity contribution in [2.45, 2.75) is 148 Å². The molecular weight excluding hydrogens is 1110 g/mol. The van der Waals surface area contributed by atoms with Gasteiger partial charge >= 0.3 is 0 Å². The van der Waals surface area contributed by atoms with Crippen LogP contribution in [0.4, 0.5) is 28.4 Å². The number of anilines is 5. The van der Waals surface area contributed by atoms with Crippen LogP contribution in [-0.2, 0) is 32.1 Å². The summed E-state index contributed by atoms with van der Waals surface area (Å²) in [6, 6.07) is 24.3. The third-order valence-electron chi connectivity index (χ3n) is 16.1. The molecular formula is C65H73N13O5S2. The van der Waals surface area contributed by atoms with Crippen LogP contribution in [0.5, 0.6) is 28.7 Å². The van der Waals surface area contributed by atoms with Crippen LogP contribution in [0.1, 0.15) is 130 Å². The molecule has 85 heavy (non-hydrogen) atoms. The van der Waals surface area contributed by atoms with Crippen molar-refractivity contribution in [2.75, 3.05) is 28.7 Å². The Morgan fingerprint density at radius 3 is 1.33 bits per heavy atom. The Bertz CT molecular complexity index is 3360. The van der Waals surface area contributed by atoms with E-state index in [4.69, 9.17) is 52.4 Å². The molecule has 5 aromatic carbocycles. The van der Waals surface area contributed by atoms with Crippen LogP contribution in [0.2, 0.25) is 0 Å². The van der Waals surface area contributed by atoms with Crippen LogP contribution < -0.4 is 52.4 Å². The maximum Gasteiger partial charge on any atom is 0.189 e. The molecule has 10 N–H and O–H groups in total. The largest absolute Gasteiger partial charge is 0.490 e. The summed E-state index contributed by atoms with van der Waals surface area (Å²) in [5.74, 6) is 4.65. The first-order chi connectivity index (χ1) is 41.4. The summed E-state index contributed by atoms with van der Waals surface area (Å²) in [4.78, 5) is 18.2. The zero-order valence-corrected chi connectivity index (χ0v) is 50.2. The maximum atomic E-state index is 6.10. The number of ether oxygens (including phenoxy) is 5. The van der Waals surface area contributed by atoms with E-state index in [0.717, 1.165) is 143 Å². The van der Waals surface area contributed by atoms with E-state index in [0.29, 0.717) is 29.7 Å². The first-order valence-corrected chi connectivity index (χ1v) is 31.1. The topological polar surface area (TPSA) is 276 Å². The standard InChI is InChI=1S/C14H15NOS.2C13H15N3O.C13H14N2OS.C12H14N4O/c1-2-10-6-9-7-11(14-4-3-5-17-14)12(15)8-13(9)16-10;1-2-9-5-8-6-10(13-15-3-4-16-13)11(14)7-12(8)17-9;1-2-9-5-8-6-10(12-3-4-15-16-12)11(14)7-13(8)17-9;1-2-9-5-8-6-10(13-15-3-4-17-13)11(14)7-12(8)16-9;1-2-8-3-7-4-9(12-14-6-15-16-12)10(13)5-11(7)17-8/h3-5,7-8,10H,2,6,15H2,1H3;3-4,6-7,9,13H,2,5,14H2,1H3;3-4,6-7,9,12H,2,5,14H2,1H3;3-4,6-7,9H,2,5,14H2,1H3;4-6,8,12H,2-3,13H2,1H3. The van der Waals surface area contributed by atoms with Gasteiger partial charge in [0.2, 0.25) is 0 Å². The summed E-state index contributed by atoms with van der Waals surface area (Å²) in [5, 5.41) is 20.8. The average Bonchev–Trinajstić information content (AvgIpc) is 3.83. The van der Waals surface area contributed by atoms with Gasteiger partial charge in [0.15, 0.2) is 12.3 Å². The van der Waals surface area contributed by atoms with Crippen molar-refractivity contribution in [1.29, 1.82) is 0 Å². The lowest BCUT2D eigenvalue weighted by Gasteiger charge is -2.10. The first kappa shape index (κ1) is 58.2. The summed E-state index contributed by atoms with van der Waals surface area (Å²) in [6.07, 6.45) is 21.3. The lowest BCUT2D eigenvalue weighted by atomic mass is 10.00. The van der Waals surface area contributed by atoms with Gasteiger partial charge in [-0.1, -0.05) is 40.7 Å². The summed E-state index contributed by atoms with van der Waals surface area (Å²) in [6.45, 7) is 10.7. The number of hydrogen-bond donors (Lipinski definition) is 5. The zero-order valence-electron chi connectivity index (χ0n) is 48.6. The van der Waals surface area contributed by atoms with Gasteiger partial charge in [-0.15, -0.1) is 27.8 Å². The predicted molar refractivity (Wildman–Crippen MR) is 343 cm³/mol. The fourth-order valence-electron chi connectivity index (χ4n) is 11.2. The summed E-state index contributed by atoms with van der Waals surface area (Å²) in [7, 11) is 0. The average molecular weight is 1180 g/mol. The highest BCUT2D eigenvalue weighted by atomic mass is 32.1. The fraction of sp³-hybridized carbons (Fsp3) is 0.354. The number of rotatable bonds is 10. The molecule has 7 aromatic rings. The van der Waals surface area contributed by atoms with Crippen LogP contribution >= 0.6 is 22.7 Å². The van der Waals surface area contributed by atoms with E-state index in [9.17, 15) is 0 Å². The molecule has 0 amide bonds. The second-order valence-corrected chi connectivity index (χ2v) is 23.6. The van der Waals surface area contributed by atoms with E-state index in [2.05, 4.69) is 117 Å². The van der Waals surface area contributed by atoms with Crippen molar-refractivity contribution in [2.24, 2.45) is 35.4 Å². The minimum absolute atomic E-state index is 0.0269. The molecule has 440 valence electrons. The molecule has 0 aliphatic carbocycles. The molecule has 2 aromatic heterocycles. The number of aliphatic imine (C=N–C) groups is 3. The highest BCUT2D eigenvalue weighted by Gasteiger charge is 2.29. The van der Waals surface area contributed by atoms with Crippen LogP contribution in [-0.4, -0.2) is 54.3 Å². The molecule has 8 aliphatic heterocycles. The second kappa shape index (κ2) is 26.1. The summed E-state index contributed by atoms with van der Waals surface area (Å²) in [5.41, 5.74) is 45.2. The molecule has 20 heteroatoms. The number of hydrogen-bond acceptors (Lipinski definition) is 20. The van der Waals surface area contributed by atoms with Gasteiger partial charge in [0, 0.05) is 154 Å². The van der Waals surface area contributed by atoms with Gasteiger partial charge in [0.1, 0.15) is 76.7 Å². The molecule has 10 heterocycles. The number of nitrogens with two attached hydrogens (primary N) is 5. The number of fused-ring (bicyclic) bond motifs is 5. The molecule has 0 saturated carbocycles. The highest BCUT2D eigenvalue weighted by molar-refractivity contribution is 7.13. The van der Waals surface area contributed by atoms with Crippen molar-refractivity contribution in [3.05, 3.63) is 147 Å². The van der Waals surface area contributed by atoms with Crippen LogP contribution in [0.25, 0.3) is 21.0 Å². The van der Waals surface area contributed by atoms with E-state index in [1.54, 1.807) is 47.5 Å². The van der Waals surface area contributed by atoms with E-state index in [1.165, 1.54) is 39.0 Å². The van der Waals surface area contributed by atoms with Gasteiger partial charge in [-0.3, -0.25) is 9.98 Å². The minimum Gasteiger partial charge on any atom is -0.490 e. The van der Waals surface area contributed by atoms with Gasteiger partial charge in [-0.25, -0.2) is 9.98 Å². The predicted octanol–water partition coefficient (Wildman–Crippen LogP) is 14.4. The lowest BCUT2D eigenvalue weighted by molar-refractivity contribution is 0.228. The van der Waals surface area contributed by atoms with E-state index in [1.807, 2.05) is 47.9 Å². The highest BCUT2D eigenvalue weighted by Crippen LogP contribution is 2.43. The number of nitrogen functional groups attached to an aromatic ring is 5. The Kier molecular flexibility index (Phi) is 17.9. The van der Waals surface area contributed by atoms with Gasteiger partial charge in [-0.2, -0.15) is 15.3 Å². The van der Waals surface area contributed by atoms with Crippen molar-refractivity contribution in [3.63, 3.8) is 0 Å². The van der Waals surface area contributed by atoms with E-state index < -0.39 is 0 Å². The number of nitrogens with zero attached hydrogens (tertiary/aromatic N) is 8. The molecule has 7 unspecified atom stereocenters. The van der Waals surface area contributed by atoms with Crippen molar-refractivity contribution in [3.8, 4) is 49.8 Å². The number of azo groups is 2. The molecule has 18 nitrogen and oxygen atoms in total. The summed E-state index contributed by atoms with van der Waals surface area (Å²) >= 11 is 3.33. The third-order valence-corrected chi connectivity index (χ3v) is 17.8. The van der Waals surface area contributed by atoms with E-state index in [-0.39, 0.29) is 30.6 Å². The molecule has 7 atom stereocenters. The Hall–Kier alpha value is -8.62. The second-order valence-electron chi connectivity index (χ2n) is 21.8. The zero-order chi connectivity index (χ0) is 59.1. The molecule has 15 rings (SSSR count). The van der Waals surface area contributed by atoms with Gasteiger partial charge < -0.3 is 52.4 Å². The number of thiophene rings is 1. The maximum absolute atomic E-state index is 6.10. The van der Waals surface area contributed by atoms with Crippen molar-refractivity contribution < 1.29 is 23.7 Å². The monoisotopic (exact) mass is 1180 g/mol. The van der Waals surface area contributed by atoms with Gasteiger partial charge in [0.25, 0.3) is 0 Å². The molecule has 0 fully saturated rings. The Labute approximate surface area is 504 Å². The SMILES string of the molecule is CCC1Cc2cc(-c3cccs3)c(N)cc2O1.CCC1Cc2cc(-c3nccs3)c(N)cc2O1.CCC1Cc2cc(C3C=CN=N3)c(N)cc2O1.CCC1Cc2cc(C3N=CC=N3)c(N)cc2O1.CCC1Cc2cc(C3N=CN=N3)c(N)cc2O1. The van der Waals surface area contributed by atoms with Crippen LogP contribution in [0.3, 0.4) is 0 Å². The molecule has 0 saturated heterocycles. The minimum atomic E-state index is -0.277. The van der Waals surface area contributed by atoms with Crippen molar-refractivity contribution >= 4 is 69.9 Å². The molecule has 0 bridgehead atoms. The molecule has 0 spiro atoms. The third kappa shape index (κ3) is 13.0. The fourth-order valence-corrected chi connectivity index (χ4v) is 12.6. The number of thiazole rings is 1. The summed E-state index contributed by atoms with van der Waals surface area (Å²) < 4.78 is 29.0. The Morgan fingerprint density at radius 1 is 0.459 bits per heavy atom. The van der Waals surface area contributed by atoms with Gasteiger partial charge in [-0.05, 0) is 108 Å². The number of benzene rings is 5. The molecule has 0 radical (unpaired) electrons. The van der Waals surface area contributed by atoms with E-state index >= 15 is 0 Å². The Balaban J connectivity index is 0.000000111. The lowest BCUT2D eigenvalue weighted by Crippen LogP contribution is -2.10. The smallest absolute Gasteiger partial charge is 0.189 e. The van der Waals surface area contributed by atoms with Gasteiger partial charge in [0.05, 0.1) is 0 Å². The normalized spacial score (nSPS) is 21.5.